The van der Waals surface area contributed by atoms with Crippen molar-refractivity contribution in [2.75, 3.05) is 13.2 Å². The quantitative estimate of drug-likeness (QED) is 0.398. The van der Waals surface area contributed by atoms with Gasteiger partial charge in [0.2, 0.25) is 0 Å². The second kappa shape index (κ2) is 5.85. The number of nitrogens with one attached hydrogen (secondary N) is 1. The van der Waals surface area contributed by atoms with E-state index < -0.39 is 0 Å². The molecular weight excluding hydrogens is 97.0 g/mol. The molecule has 0 aliphatic heterocycles. The standard InChI is InChI=1S/C4H10FNO/c5-6-3-1-2-4-7/h6-7H,1-4H2. The van der Waals surface area contributed by atoms with Gasteiger partial charge >= 0.3 is 0 Å². The predicted octanol–water partition coefficient (Wildman–Crippen LogP) is 0.233. The number of hydrogen-bond acceptors (Lipinski definition) is 2. The van der Waals surface area contributed by atoms with Crippen molar-refractivity contribution >= 4 is 0 Å². The Morgan fingerprint density at radius 3 is 2.57 bits per heavy atom. The van der Waals surface area contributed by atoms with Gasteiger partial charge in [-0.15, -0.1) is 4.48 Å². The molecular formula is C4H10FNO. The second-order valence-corrected chi connectivity index (χ2v) is 1.31. The Bertz CT molecular complexity index is 30.9. The maximum absolute atomic E-state index is 11.0. The van der Waals surface area contributed by atoms with Gasteiger partial charge in [-0.05, 0) is 12.8 Å². The first-order valence-corrected chi connectivity index (χ1v) is 2.36. The molecule has 0 saturated heterocycles. The Morgan fingerprint density at radius 2 is 2.14 bits per heavy atom. The third kappa shape index (κ3) is 5.85. The van der Waals surface area contributed by atoms with Crippen LogP contribution < -0.4 is 5.54 Å². The highest BCUT2D eigenvalue weighted by molar-refractivity contribution is 4.36. The van der Waals surface area contributed by atoms with E-state index in [0.29, 0.717) is 19.4 Å². The molecule has 2 N–H and O–H groups in total. The lowest BCUT2D eigenvalue weighted by atomic mass is 10.3. The lowest BCUT2D eigenvalue weighted by molar-refractivity contribution is 0.270. The van der Waals surface area contributed by atoms with E-state index in [4.69, 9.17) is 5.11 Å². The van der Waals surface area contributed by atoms with Crippen molar-refractivity contribution in [1.29, 1.82) is 0 Å². The summed E-state index contributed by atoms with van der Waals surface area (Å²) >= 11 is 0. The smallest absolute Gasteiger partial charge is 0.0431 e. The number of halogens is 1. The summed E-state index contributed by atoms with van der Waals surface area (Å²) in [5.74, 6) is 0. The SMILES string of the molecule is OCCCCNF. The number of aliphatic hydroxyl groups excluding tert-OH is 1. The normalized spacial score (nSPS) is 9.43. The Hall–Kier alpha value is -0.150. The largest absolute Gasteiger partial charge is 0.396 e. The Kier molecular flexibility index (Phi) is 5.72. The van der Waals surface area contributed by atoms with Crippen molar-refractivity contribution in [3.8, 4) is 0 Å². The van der Waals surface area contributed by atoms with Crippen LogP contribution >= 0.6 is 0 Å². The maximum Gasteiger partial charge on any atom is 0.0431 e. The predicted molar refractivity (Wildman–Crippen MR) is 25.4 cm³/mol. The van der Waals surface area contributed by atoms with E-state index in [-0.39, 0.29) is 6.61 Å². The lowest BCUT2D eigenvalue weighted by Crippen LogP contribution is -2.02. The lowest BCUT2D eigenvalue weighted by Gasteiger charge is -1.90. The summed E-state index contributed by atoms with van der Waals surface area (Å²) in [6.07, 6.45) is 1.38. The summed E-state index contributed by atoms with van der Waals surface area (Å²) in [6.45, 7) is 0.502. The molecule has 0 aromatic carbocycles. The van der Waals surface area contributed by atoms with Crippen LogP contribution in [0.2, 0.25) is 0 Å². The molecule has 0 atom stereocenters. The minimum Gasteiger partial charge on any atom is -0.396 e. The molecule has 0 bridgehead atoms. The van der Waals surface area contributed by atoms with Gasteiger partial charge in [0.15, 0.2) is 0 Å². The fourth-order valence-electron chi connectivity index (χ4n) is 0.304. The monoisotopic (exact) mass is 107 g/mol. The van der Waals surface area contributed by atoms with Crippen LogP contribution in [-0.2, 0) is 0 Å². The number of hydrogen-bond donors (Lipinski definition) is 2. The molecule has 3 heteroatoms. The molecule has 0 rings (SSSR count). The van der Waals surface area contributed by atoms with Crippen LogP contribution in [0.15, 0.2) is 0 Å². The van der Waals surface area contributed by atoms with Crippen LogP contribution in [0.3, 0.4) is 0 Å². The summed E-state index contributed by atoms with van der Waals surface area (Å²) in [6, 6.07) is 0. The van der Waals surface area contributed by atoms with E-state index in [0.717, 1.165) is 0 Å². The highest BCUT2D eigenvalue weighted by atomic mass is 19.2. The van der Waals surface area contributed by atoms with Gasteiger partial charge in [0.25, 0.3) is 0 Å². The van der Waals surface area contributed by atoms with Crippen LogP contribution in [0, 0.1) is 0 Å². The molecule has 0 aromatic rings. The summed E-state index contributed by atoms with van der Waals surface area (Å²) in [7, 11) is 0. The molecule has 2 nitrogen and oxygen atoms in total. The topological polar surface area (TPSA) is 32.3 Å². The van der Waals surface area contributed by atoms with Gasteiger partial charge in [0, 0.05) is 13.2 Å². The molecule has 44 valence electrons. The van der Waals surface area contributed by atoms with Crippen molar-refractivity contribution in [2.45, 2.75) is 12.8 Å². The Balaban J connectivity index is 2.45. The van der Waals surface area contributed by atoms with Gasteiger partial charge in [-0.2, -0.15) is 5.54 Å². The Morgan fingerprint density at radius 1 is 1.43 bits per heavy atom. The summed E-state index contributed by atoms with van der Waals surface area (Å²) in [5.41, 5.74) is 1.49. The highest BCUT2D eigenvalue weighted by Gasteiger charge is 1.81. The van der Waals surface area contributed by atoms with Gasteiger partial charge in [-0.3, -0.25) is 0 Å². The first-order valence-electron chi connectivity index (χ1n) is 2.36. The molecule has 0 fully saturated rings. The van der Waals surface area contributed by atoms with Crippen LogP contribution in [0.25, 0.3) is 0 Å². The molecule has 0 unspecified atom stereocenters. The molecule has 0 aliphatic rings. The fraction of sp³-hybridized carbons (Fsp3) is 1.00. The van der Waals surface area contributed by atoms with Gasteiger partial charge in [-0.1, -0.05) is 0 Å². The third-order valence-electron chi connectivity index (χ3n) is 0.679. The average molecular weight is 107 g/mol. The van der Waals surface area contributed by atoms with Gasteiger partial charge in [0.05, 0.1) is 0 Å². The first-order chi connectivity index (χ1) is 3.41. The molecule has 0 saturated carbocycles. The Labute approximate surface area is 42.3 Å². The molecule has 0 radical (unpaired) electrons. The minimum atomic E-state index is 0.154. The van der Waals surface area contributed by atoms with Gasteiger partial charge in [-0.25, -0.2) is 0 Å². The van der Waals surface area contributed by atoms with Crippen molar-refractivity contribution in [2.24, 2.45) is 0 Å². The van der Waals surface area contributed by atoms with Crippen LogP contribution in [0.4, 0.5) is 4.48 Å². The zero-order valence-corrected chi connectivity index (χ0v) is 4.15. The molecule has 0 amide bonds. The van der Waals surface area contributed by atoms with E-state index in [1.165, 1.54) is 5.54 Å². The molecule has 0 spiro atoms. The van der Waals surface area contributed by atoms with Crippen LogP contribution in [0.1, 0.15) is 12.8 Å². The van der Waals surface area contributed by atoms with E-state index in [1.807, 2.05) is 0 Å². The zero-order valence-electron chi connectivity index (χ0n) is 4.15. The number of unbranched alkanes of at least 4 members (excludes halogenated alkanes) is 1. The molecule has 0 aliphatic carbocycles. The van der Waals surface area contributed by atoms with Gasteiger partial charge < -0.3 is 5.11 Å². The van der Waals surface area contributed by atoms with E-state index in [9.17, 15) is 4.48 Å². The van der Waals surface area contributed by atoms with Crippen molar-refractivity contribution < 1.29 is 9.59 Å². The number of aliphatic hydroxyl groups is 1. The van der Waals surface area contributed by atoms with Crippen molar-refractivity contribution in [1.82, 2.24) is 5.54 Å². The molecule has 0 heterocycles. The average Bonchev–Trinajstić information content (AvgIpc) is 1.69. The molecule has 0 aromatic heterocycles. The zero-order chi connectivity index (χ0) is 5.54. The summed E-state index contributed by atoms with van der Waals surface area (Å²) in [4.78, 5) is 0. The highest BCUT2D eigenvalue weighted by Crippen LogP contribution is 1.81. The summed E-state index contributed by atoms with van der Waals surface area (Å²) in [5, 5.41) is 8.14. The number of rotatable bonds is 4. The fourth-order valence-corrected chi connectivity index (χ4v) is 0.304. The first kappa shape index (κ1) is 6.85. The van der Waals surface area contributed by atoms with Crippen LogP contribution in [-0.4, -0.2) is 18.3 Å². The van der Waals surface area contributed by atoms with Crippen molar-refractivity contribution in [3.63, 3.8) is 0 Å². The van der Waals surface area contributed by atoms with E-state index >= 15 is 0 Å². The summed E-state index contributed by atoms with van der Waals surface area (Å²) < 4.78 is 11.0. The maximum atomic E-state index is 11.0. The minimum absolute atomic E-state index is 0.154. The van der Waals surface area contributed by atoms with E-state index in [2.05, 4.69) is 0 Å². The van der Waals surface area contributed by atoms with Crippen molar-refractivity contribution in [3.05, 3.63) is 0 Å². The van der Waals surface area contributed by atoms with Gasteiger partial charge in [0.1, 0.15) is 0 Å². The van der Waals surface area contributed by atoms with Crippen LogP contribution in [0.5, 0.6) is 0 Å². The second-order valence-electron chi connectivity index (χ2n) is 1.31. The molecule has 7 heavy (non-hydrogen) atoms. The van der Waals surface area contributed by atoms with E-state index in [1.54, 1.807) is 0 Å². The third-order valence-corrected chi connectivity index (χ3v) is 0.679.